The summed E-state index contributed by atoms with van der Waals surface area (Å²) in [5, 5.41) is 8.89. The smallest absolute Gasteiger partial charge is 0.330 e. The van der Waals surface area contributed by atoms with Crippen molar-refractivity contribution in [1.29, 1.82) is 0 Å². The Morgan fingerprint density at radius 2 is 2.19 bits per heavy atom. The number of fused-ring (bicyclic) bond motifs is 5. The van der Waals surface area contributed by atoms with Crippen LogP contribution in [0.3, 0.4) is 0 Å². The Morgan fingerprint density at radius 1 is 1.38 bits per heavy atom. The van der Waals surface area contributed by atoms with Gasteiger partial charge in [0.1, 0.15) is 0 Å². The molecule has 2 saturated carbocycles. The average molecular weight is 218 g/mol. The molecular formula is C14H18O2. The van der Waals surface area contributed by atoms with Gasteiger partial charge in [-0.25, -0.2) is 4.79 Å². The van der Waals surface area contributed by atoms with Gasteiger partial charge in [-0.2, -0.15) is 0 Å². The number of hydrogen-bond donors (Lipinski definition) is 1. The lowest BCUT2D eigenvalue weighted by molar-refractivity contribution is -0.132. The Kier molecular flexibility index (Phi) is 2.20. The van der Waals surface area contributed by atoms with E-state index in [4.69, 9.17) is 5.11 Å². The fraction of sp³-hybridized carbons (Fsp3) is 0.643. The zero-order valence-corrected chi connectivity index (χ0v) is 9.43. The third kappa shape index (κ3) is 1.35. The molecule has 3 rings (SSSR count). The van der Waals surface area contributed by atoms with Crippen molar-refractivity contribution in [2.45, 2.75) is 25.7 Å². The van der Waals surface area contributed by atoms with Crippen LogP contribution in [0.1, 0.15) is 25.7 Å². The highest BCUT2D eigenvalue weighted by Gasteiger charge is 2.52. The summed E-state index contributed by atoms with van der Waals surface area (Å²) in [5.41, 5.74) is 0.403. The Balaban J connectivity index is 1.69. The van der Waals surface area contributed by atoms with Gasteiger partial charge >= 0.3 is 5.97 Å². The van der Waals surface area contributed by atoms with Crippen molar-refractivity contribution >= 4 is 5.97 Å². The second kappa shape index (κ2) is 3.47. The zero-order valence-electron chi connectivity index (χ0n) is 9.43. The minimum Gasteiger partial charge on any atom is -0.478 e. The predicted molar refractivity (Wildman–Crippen MR) is 61.8 cm³/mol. The number of carbonyl (C=O) groups is 1. The van der Waals surface area contributed by atoms with Crippen molar-refractivity contribution in [2.75, 3.05) is 0 Å². The molecule has 86 valence electrons. The fourth-order valence-electron chi connectivity index (χ4n) is 4.34. The van der Waals surface area contributed by atoms with Crippen LogP contribution in [0.15, 0.2) is 24.3 Å². The van der Waals surface area contributed by atoms with E-state index in [-0.39, 0.29) is 0 Å². The Labute approximate surface area is 96.0 Å². The van der Waals surface area contributed by atoms with Crippen LogP contribution in [0.25, 0.3) is 0 Å². The van der Waals surface area contributed by atoms with Gasteiger partial charge in [0.25, 0.3) is 0 Å². The first kappa shape index (κ1) is 10.1. The van der Waals surface area contributed by atoms with Gasteiger partial charge in [-0.15, -0.1) is 0 Å². The van der Waals surface area contributed by atoms with Gasteiger partial charge in [0, 0.05) is 5.57 Å². The van der Waals surface area contributed by atoms with Gasteiger partial charge in [-0.3, -0.25) is 0 Å². The standard InChI is InChI=1S/C14H18O2/c1-8(14(15)16)5-9-6-10-7-13(9)12-4-2-3-11(10)12/h2-3,9-13H,1,4-7H2,(H,15,16). The van der Waals surface area contributed by atoms with Crippen LogP contribution >= 0.6 is 0 Å². The maximum absolute atomic E-state index is 10.8. The van der Waals surface area contributed by atoms with Gasteiger partial charge in [-0.05, 0) is 55.3 Å². The van der Waals surface area contributed by atoms with Crippen molar-refractivity contribution in [3.05, 3.63) is 24.3 Å². The van der Waals surface area contributed by atoms with E-state index < -0.39 is 5.97 Å². The molecule has 2 nitrogen and oxygen atoms in total. The van der Waals surface area contributed by atoms with Crippen LogP contribution in [0.2, 0.25) is 0 Å². The highest BCUT2D eigenvalue weighted by molar-refractivity contribution is 5.85. The van der Waals surface area contributed by atoms with Crippen LogP contribution in [-0.4, -0.2) is 11.1 Å². The molecule has 0 aromatic heterocycles. The van der Waals surface area contributed by atoms with Crippen LogP contribution in [0, 0.1) is 29.6 Å². The van der Waals surface area contributed by atoms with Gasteiger partial charge < -0.3 is 5.11 Å². The lowest BCUT2D eigenvalue weighted by Gasteiger charge is -2.31. The number of allylic oxidation sites excluding steroid dienone is 2. The zero-order chi connectivity index (χ0) is 11.3. The second-order valence-corrected chi connectivity index (χ2v) is 5.67. The second-order valence-electron chi connectivity index (χ2n) is 5.67. The van der Waals surface area contributed by atoms with Gasteiger partial charge in [-0.1, -0.05) is 18.7 Å². The minimum absolute atomic E-state index is 0.403. The van der Waals surface area contributed by atoms with E-state index >= 15 is 0 Å². The molecule has 2 bridgehead atoms. The Hall–Kier alpha value is -1.05. The SMILES string of the molecule is C=C(CC1CC2CC1C1CC=CC21)C(=O)O. The van der Waals surface area contributed by atoms with Crippen LogP contribution in [0.5, 0.6) is 0 Å². The molecule has 0 aromatic carbocycles. The average Bonchev–Trinajstić information content (AvgIpc) is 2.87. The molecule has 5 atom stereocenters. The summed E-state index contributed by atoms with van der Waals surface area (Å²) in [6, 6.07) is 0. The molecule has 0 heterocycles. The monoisotopic (exact) mass is 218 g/mol. The summed E-state index contributed by atoms with van der Waals surface area (Å²) in [5.74, 6) is 3.02. The van der Waals surface area contributed by atoms with Gasteiger partial charge in [0.05, 0.1) is 0 Å². The number of rotatable bonds is 3. The molecule has 2 fully saturated rings. The molecule has 0 spiro atoms. The third-order valence-corrected chi connectivity index (χ3v) is 4.95. The van der Waals surface area contributed by atoms with Crippen LogP contribution < -0.4 is 0 Å². The minimum atomic E-state index is -0.816. The van der Waals surface area contributed by atoms with Gasteiger partial charge in [0.2, 0.25) is 0 Å². The first-order valence-electron chi connectivity index (χ1n) is 6.24. The highest BCUT2D eigenvalue weighted by Crippen LogP contribution is 2.59. The molecule has 3 aliphatic rings. The molecule has 2 heteroatoms. The highest BCUT2D eigenvalue weighted by atomic mass is 16.4. The lowest BCUT2D eigenvalue weighted by Crippen LogP contribution is -2.25. The molecule has 0 aliphatic heterocycles. The normalized spacial score (nSPS) is 43.6. The van der Waals surface area contributed by atoms with Crippen molar-refractivity contribution in [2.24, 2.45) is 29.6 Å². The summed E-state index contributed by atoms with van der Waals surface area (Å²) >= 11 is 0. The summed E-state index contributed by atoms with van der Waals surface area (Å²) in [7, 11) is 0. The summed E-state index contributed by atoms with van der Waals surface area (Å²) in [6.45, 7) is 3.67. The van der Waals surface area contributed by atoms with E-state index in [1.807, 2.05) is 0 Å². The van der Waals surface area contributed by atoms with E-state index in [1.165, 1.54) is 19.3 Å². The Morgan fingerprint density at radius 3 is 2.94 bits per heavy atom. The van der Waals surface area contributed by atoms with Crippen molar-refractivity contribution < 1.29 is 9.90 Å². The molecule has 3 aliphatic carbocycles. The molecule has 5 unspecified atom stereocenters. The van der Waals surface area contributed by atoms with Crippen molar-refractivity contribution in [3.63, 3.8) is 0 Å². The largest absolute Gasteiger partial charge is 0.478 e. The molecule has 16 heavy (non-hydrogen) atoms. The van der Waals surface area contributed by atoms with Crippen LogP contribution in [-0.2, 0) is 4.79 Å². The molecule has 0 aromatic rings. The molecule has 0 saturated heterocycles. The summed E-state index contributed by atoms with van der Waals surface area (Å²) in [4.78, 5) is 10.8. The third-order valence-electron chi connectivity index (χ3n) is 4.95. The lowest BCUT2D eigenvalue weighted by atomic mass is 9.73. The number of carboxylic acid groups (broad SMARTS) is 1. The first-order valence-corrected chi connectivity index (χ1v) is 6.24. The quantitative estimate of drug-likeness (QED) is 0.584. The fourth-order valence-corrected chi connectivity index (χ4v) is 4.34. The maximum atomic E-state index is 10.8. The predicted octanol–water partition coefficient (Wildman–Crippen LogP) is 2.87. The number of aliphatic carboxylic acids is 1. The number of hydrogen-bond acceptors (Lipinski definition) is 1. The van der Waals surface area contributed by atoms with E-state index in [9.17, 15) is 4.79 Å². The maximum Gasteiger partial charge on any atom is 0.330 e. The van der Waals surface area contributed by atoms with Crippen LogP contribution in [0.4, 0.5) is 0 Å². The first-order chi connectivity index (χ1) is 7.66. The van der Waals surface area contributed by atoms with E-state index in [0.717, 1.165) is 23.7 Å². The van der Waals surface area contributed by atoms with Gasteiger partial charge in [0.15, 0.2) is 0 Å². The summed E-state index contributed by atoms with van der Waals surface area (Å²) < 4.78 is 0. The number of carboxylic acids is 1. The molecular weight excluding hydrogens is 200 g/mol. The molecule has 0 radical (unpaired) electrons. The van der Waals surface area contributed by atoms with E-state index in [1.54, 1.807) is 0 Å². The Bertz CT molecular complexity index is 369. The van der Waals surface area contributed by atoms with E-state index in [0.29, 0.717) is 17.9 Å². The van der Waals surface area contributed by atoms with Crippen molar-refractivity contribution in [1.82, 2.24) is 0 Å². The van der Waals surface area contributed by atoms with Crippen molar-refractivity contribution in [3.8, 4) is 0 Å². The summed E-state index contributed by atoms with van der Waals surface area (Å²) in [6.07, 6.45) is 9.21. The van der Waals surface area contributed by atoms with E-state index in [2.05, 4.69) is 18.7 Å². The molecule has 1 N–H and O–H groups in total. The molecule has 0 amide bonds. The topological polar surface area (TPSA) is 37.3 Å².